The number of carbonyl (C=O) groups excluding carboxylic acids is 1. The third-order valence-electron chi connectivity index (χ3n) is 2.96. The molecule has 3 aromatic heterocycles. The number of nitrogens with one attached hydrogen (secondary N) is 1. The predicted molar refractivity (Wildman–Crippen MR) is 83.3 cm³/mol. The molecular weight excluding hydrogens is 321 g/mol. The SMILES string of the molecule is Cc1cc(-n2cc(Cl)cn2)cc(C(=O)Nc2ccc(F)cn2)n1. The quantitative estimate of drug-likeness (QED) is 0.800. The summed E-state index contributed by atoms with van der Waals surface area (Å²) in [5.74, 6) is -0.690. The number of amides is 1. The lowest BCUT2D eigenvalue weighted by atomic mass is 10.2. The van der Waals surface area contributed by atoms with Crippen LogP contribution in [0.3, 0.4) is 0 Å². The highest BCUT2D eigenvalue weighted by Gasteiger charge is 2.12. The van der Waals surface area contributed by atoms with E-state index in [1.54, 1.807) is 29.9 Å². The average Bonchev–Trinajstić information content (AvgIpc) is 2.95. The van der Waals surface area contributed by atoms with Gasteiger partial charge in [0.05, 0.1) is 23.1 Å². The molecule has 0 fully saturated rings. The Morgan fingerprint density at radius 2 is 2.13 bits per heavy atom. The molecule has 3 rings (SSSR count). The summed E-state index contributed by atoms with van der Waals surface area (Å²) >= 11 is 5.86. The highest BCUT2D eigenvalue weighted by Crippen LogP contribution is 2.15. The van der Waals surface area contributed by atoms with E-state index in [0.717, 1.165) is 6.20 Å². The first-order valence-corrected chi connectivity index (χ1v) is 7.01. The minimum absolute atomic E-state index is 0.192. The van der Waals surface area contributed by atoms with Gasteiger partial charge in [0, 0.05) is 11.9 Å². The number of anilines is 1. The van der Waals surface area contributed by atoms with Gasteiger partial charge in [-0.3, -0.25) is 4.79 Å². The molecule has 0 atom stereocenters. The Hall–Kier alpha value is -2.80. The number of aryl methyl sites for hydroxylation is 1. The zero-order valence-corrected chi connectivity index (χ0v) is 12.8. The summed E-state index contributed by atoms with van der Waals surface area (Å²) in [7, 11) is 0. The van der Waals surface area contributed by atoms with E-state index < -0.39 is 11.7 Å². The zero-order chi connectivity index (χ0) is 16.4. The second kappa shape index (κ2) is 6.13. The van der Waals surface area contributed by atoms with Gasteiger partial charge in [-0.25, -0.2) is 19.0 Å². The Balaban J connectivity index is 1.88. The first kappa shape index (κ1) is 15.1. The summed E-state index contributed by atoms with van der Waals surface area (Å²) in [5, 5.41) is 7.14. The van der Waals surface area contributed by atoms with Crippen LogP contribution in [-0.2, 0) is 0 Å². The fourth-order valence-electron chi connectivity index (χ4n) is 1.97. The van der Waals surface area contributed by atoms with Crippen LogP contribution < -0.4 is 5.32 Å². The molecule has 1 amide bonds. The van der Waals surface area contributed by atoms with Crippen molar-refractivity contribution >= 4 is 23.3 Å². The minimum atomic E-state index is -0.477. The molecule has 8 heteroatoms. The third-order valence-corrected chi connectivity index (χ3v) is 3.15. The van der Waals surface area contributed by atoms with Crippen molar-refractivity contribution in [2.24, 2.45) is 0 Å². The Bertz CT molecular complexity index is 863. The van der Waals surface area contributed by atoms with Crippen molar-refractivity contribution in [2.75, 3.05) is 5.32 Å². The van der Waals surface area contributed by atoms with Crippen LogP contribution in [0.25, 0.3) is 5.69 Å². The van der Waals surface area contributed by atoms with Crippen LogP contribution in [0.5, 0.6) is 0 Å². The van der Waals surface area contributed by atoms with Gasteiger partial charge in [-0.2, -0.15) is 5.10 Å². The molecule has 0 spiro atoms. The fraction of sp³-hybridized carbons (Fsp3) is 0.0667. The van der Waals surface area contributed by atoms with E-state index in [0.29, 0.717) is 16.4 Å². The van der Waals surface area contributed by atoms with Crippen molar-refractivity contribution in [3.05, 3.63) is 65.1 Å². The Kier molecular flexibility index (Phi) is 4.03. The smallest absolute Gasteiger partial charge is 0.275 e. The van der Waals surface area contributed by atoms with Crippen molar-refractivity contribution in [1.29, 1.82) is 0 Å². The maximum Gasteiger partial charge on any atom is 0.275 e. The van der Waals surface area contributed by atoms with E-state index in [1.165, 1.54) is 18.3 Å². The standard InChI is InChI=1S/C15H11ClFN5O/c1-9-4-12(22-8-10(16)6-19-22)5-13(20-9)15(23)21-14-3-2-11(17)7-18-14/h2-8H,1H3,(H,18,21,23). The largest absolute Gasteiger partial charge is 0.305 e. The normalized spacial score (nSPS) is 10.6. The summed E-state index contributed by atoms with van der Waals surface area (Å²) in [5.41, 5.74) is 1.49. The molecule has 0 aliphatic rings. The molecule has 0 radical (unpaired) electrons. The van der Waals surface area contributed by atoms with E-state index in [1.807, 2.05) is 0 Å². The van der Waals surface area contributed by atoms with Crippen molar-refractivity contribution in [3.8, 4) is 5.69 Å². The lowest BCUT2D eigenvalue weighted by molar-refractivity contribution is 0.102. The molecule has 6 nitrogen and oxygen atoms in total. The van der Waals surface area contributed by atoms with Gasteiger partial charge in [0.1, 0.15) is 17.3 Å². The van der Waals surface area contributed by atoms with Gasteiger partial charge in [-0.1, -0.05) is 11.6 Å². The molecule has 3 aromatic rings. The number of aromatic nitrogens is 4. The van der Waals surface area contributed by atoms with Crippen molar-refractivity contribution < 1.29 is 9.18 Å². The summed E-state index contributed by atoms with van der Waals surface area (Å²) < 4.78 is 14.4. The number of rotatable bonds is 3. The van der Waals surface area contributed by atoms with E-state index >= 15 is 0 Å². The van der Waals surface area contributed by atoms with Crippen LogP contribution in [0.2, 0.25) is 5.02 Å². The fourth-order valence-corrected chi connectivity index (χ4v) is 2.11. The van der Waals surface area contributed by atoms with Crippen LogP contribution in [0.4, 0.5) is 10.2 Å². The van der Waals surface area contributed by atoms with Gasteiger partial charge >= 0.3 is 0 Å². The van der Waals surface area contributed by atoms with Crippen molar-refractivity contribution in [2.45, 2.75) is 6.92 Å². The number of hydrogen-bond donors (Lipinski definition) is 1. The topological polar surface area (TPSA) is 72.7 Å². The molecule has 116 valence electrons. The second-order valence-electron chi connectivity index (χ2n) is 4.77. The van der Waals surface area contributed by atoms with Gasteiger partial charge in [0.2, 0.25) is 0 Å². The zero-order valence-electron chi connectivity index (χ0n) is 12.0. The molecule has 0 bridgehead atoms. The molecule has 0 aromatic carbocycles. The van der Waals surface area contributed by atoms with Gasteiger partial charge < -0.3 is 5.32 Å². The molecule has 3 heterocycles. The number of hydrogen-bond acceptors (Lipinski definition) is 4. The molecule has 1 N–H and O–H groups in total. The van der Waals surface area contributed by atoms with Crippen molar-refractivity contribution in [1.82, 2.24) is 19.7 Å². The minimum Gasteiger partial charge on any atom is -0.305 e. The Morgan fingerprint density at radius 3 is 2.78 bits per heavy atom. The monoisotopic (exact) mass is 331 g/mol. The Morgan fingerprint density at radius 1 is 1.30 bits per heavy atom. The van der Waals surface area contributed by atoms with Crippen LogP contribution in [0.15, 0.2) is 42.9 Å². The lowest BCUT2D eigenvalue weighted by Gasteiger charge is -2.07. The molecule has 0 aliphatic heterocycles. The maximum absolute atomic E-state index is 12.8. The van der Waals surface area contributed by atoms with Crippen LogP contribution in [0, 0.1) is 12.7 Å². The highest BCUT2D eigenvalue weighted by molar-refractivity contribution is 6.30. The molecule has 0 unspecified atom stereocenters. The first-order chi connectivity index (χ1) is 11.0. The van der Waals surface area contributed by atoms with Gasteiger partial charge in [0.25, 0.3) is 5.91 Å². The van der Waals surface area contributed by atoms with Gasteiger partial charge in [-0.15, -0.1) is 0 Å². The van der Waals surface area contributed by atoms with Gasteiger partial charge in [0.15, 0.2) is 0 Å². The van der Waals surface area contributed by atoms with Crippen LogP contribution in [0.1, 0.15) is 16.2 Å². The summed E-state index contributed by atoms with van der Waals surface area (Å²) in [6, 6.07) is 5.94. The second-order valence-corrected chi connectivity index (χ2v) is 5.21. The highest BCUT2D eigenvalue weighted by atomic mass is 35.5. The molecule has 0 saturated heterocycles. The summed E-state index contributed by atoms with van der Waals surface area (Å²) in [6.07, 6.45) is 4.15. The molecule has 0 aliphatic carbocycles. The maximum atomic E-state index is 12.8. The first-order valence-electron chi connectivity index (χ1n) is 6.63. The molecule has 0 saturated carbocycles. The van der Waals surface area contributed by atoms with E-state index in [2.05, 4.69) is 20.4 Å². The van der Waals surface area contributed by atoms with Crippen LogP contribution in [-0.4, -0.2) is 25.7 Å². The molecular formula is C15H11ClFN5O. The number of carbonyl (C=O) groups is 1. The number of nitrogens with zero attached hydrogens (tertiary/aromatic N) is 4. The predicted octanol–water partition coefficient (Wildman–Crippen LogP) is 3.02. The summed E-state index contributed by atoms with van der Waals surface area (Å²) in [6.45, 7) is 1.77. The Labute approximate surface area is 136 Å². The number of pyridine rings is 2. The average molecular weight is 332 g/mol. The number of halogens is 2. The van der Waals surface area contributed by atoms with Crippen molar-refractivity contribution in [3.63, 3.8) is 0 Å². The molecule has 23 heavy (non-hydrogen) atoms. The van der Waals surface area contributed by atoms with Gasteiger partial charge in [-0.05, 0) is 31.2 Å². The van der Waals surface area contributed by atoms with E-state index in [4.69, 9.17) is 11.6 Å². The third kappa shape index (κ3) is 3.51. The van der Waals surface area contributed by atoms with E-state index in [9.17, 15) is 9.18 Å². The van der Waals surface area contributed by atoms with Crippen LogP contribution >= 0.6 is 11.6 Å². The summed E-state index contributed by atoms with van der Waals surface area (Å²) in [4.78, 5) is 20.2. The van der Waals surface area contributed by atoms with E-state index in [-0.39, 0.29) is 11.5 Å². The lowest BCUT2D eigenvalue weighted by Crippen LogP contribution is -2.16.